The molecule has 1 aliphatic carbocycles. The van der Waals surface area contributed by atoms with Crippen LogP contribution in [0.4, 0.5) is 0 Å². The molecule has 0 spiro atoms. The molecular formula is C10H21NO2. The van der Waals surface area contributed by atoms with Crippen LogP contribution in [0.15, 0.2) is 0 Å². The molecule has 0 radical (unpaired) electrons. The Morgan fingerprint density at radius 3 is 2.77 bits per heavy atom. The fourth-order valence-electron chi connectivity index (χ4n) is 1.68. The molecule has 0 bridgehead atoms. The normalized spacial score (nSPS) is 28.2. The van der Waals surface area contributed by atoms with Crippen LogP contribution in [0.2, 0.25) is 0 Å². The highest BCUT2D eigenvalue weighted by Crippen LogP contribution is 2.20. The van der Waals surface area contributed by atoms with Crippen LogP contribution in [0.25, 0.3) is 0 Å². The van der Waals surface area contributed by atoms with Gasteiger partial charge in [-0.25, -0.2) is 0 Å². The Bertz CT molecular complexity index is 130. The van der Waals surface area contributed by atoms with Gasteiger partial charge in [0.1, 0.15) is 0 Å². The van der Waals surface area contributed by atoms with Crippen molar-refractivity contribution in [3.8, 4) is 0 Å². The lowest BCUT2D eigenvalue weighted by molar-refractivity contribution is 0.0381. The van der Waals surface area contributed by atoms with Gasteiger partial charge in [-0.05, 0) is 32.6 Å². The molecule has 0 aromatic heterocycles. The van der Waals surface area contributed by atoms with E-state index in [1.54, 1.807) is 0 Å². The third kappa shape index (κ3) is 4.60. The minimum atomic E-state index is 0.372. The lowest BCUT2D eigenvalue weighted by Crippen LogP contribution is -2.18. The van der Waals surface area contributed by atoms with Gasteiger partial charge >= 0.3 is 0 Å². The molecule has 0 heterocycles. The first-order valence-electron chi connectivity index (χ1n) is 5.28. The van der Waals surface area contributed by atoms with Gasteiger partial charge in [0.15, 0.2) is 0 Å². The maximum absolute atomic E-state index is 5.77. The zero-order chi connectivity index (χ0) is 9.52. The summed E-state index contributed by atoms with van der Waals surface area (Å²) in [6.07, 6.45) is 4.71. The van der Waals surface area contributed by atoms with Gasteiger partial charge in [-0.1, -0.05) is 0 Å². The Morgan fingerprint density at radius 2 is 2.15 bits per heavy atom. The van der Waals surface area contributed by atoms with Gasteiger partial charge in [0, 0.05) is 25.9 Å². The minimum absolute atomic E-state index is 0.372. The number of rotatable bonds is 6. The van der Waals surface area contributed by atoms with Crippen molar-refractivity contribution in [1.82, 2.24) is 0 Å². The Hall–Kier alpha value is -0.120. The summed E-state index contributed by atoms with van der Waals surface area (Å²) in [5.74, 6) is 0. The smallest absolute Gasteiger partial charge is 0.0590 e. The monoisotopic (exact) mass is 187 g/mol. The molecule has 78 valence electrons. The zero-order valence-electron chi connectivity index (χ0n) is 8.50. The fourth-order valence-corrected chi connectivity index (χ4v) is 1.68. The van der Waals surface area contributed by atoms with Crippen LogP contribution < -0.4 is 5.73 Å². The third-order valence-corrected chi connectivity index (χ3v) is 2.42. The predicted octanol–water partition coefficient (Wildman–Crippen LogP) is 1.31. The third-order valence-electron chi connectivity index (χ3n) is 2.42. The molecule has 0 aromatic carbocycles. The van der Waals surface area contributed by atoms with Gasteiger partial charge in [0.2, 0.25) is 0 Å². The molecule has 0 aromatic rings. The predicted molar refractivity (Wildman–Crippen MR) is 52.7 cm³/mol. The Morgan fingerprint density at radius 1 is 1.31 bits per heavy atom. The second-order valence-electron chi connectivity index (χ2n) is 3.62. The highest BCUT2D eigenvalue weighted by molar-refractivity contribution is 4.77. The van der Waals surface area contributed by atoms with Crippen LogP contribution in [-0.4, -0.2) is 32.0 Å². The lowest BCUT2D eigenvalue weighted by Gasteiger charge is -2.10. The second-order valence-corrected chi connectivity index (χ2v) is 3.62. The number of hydrogen-bond acceptors (Lipinski definition) is 3. The standard InChI is InChI=1S/C10H21NO2/c1-2-12-6-3-7-13-10-5-4-9(11)8-10/h9-10H,2-8,11H2,1H3. The Kier molecular flexibility index (Phi) is 5.35. The molecule has 13 heavy (non-hydrogen) atoms. The summed E-state index contributed by atoms with van der Waals surface area (Å²) in [5, 5.41) is 0. The zero-order valence-corrected chi connectivity index (χ0v) is 8.50. The van der Waals surface area contributed by atoms with Crippen molar-refractivity contribution in [3.05, 3.63) is 0 Å². The maximum Gasteiger partial charge on any atom is 0.0590 e. The van der Waals surface area contributed by atoms with Crippen molar-refractivity contribution in [2.24, 2.45) is 5.73 Å². The maximum atomic E-state index is 5.77. The number of hydrogen-bond donors (Lipinski definition) is 1. The van der Waals surface area contributed by atoms with Crippen molar-refractivity contribution in [1.29, 1.82) is 0 Å². The van der Waals surface area contributed by atoms with Gasteiger partial charge in [-0.2, -0.15) is 0 Å². The molecule has 1 saturated carbocycles. The van der Waals surface area contributed by atoms with Crippen LogP contribution in [0.3, 0.4) is 0 Å². The molecule has 0 aliphatic heterocycles. The first-order chi connectivity index (χ1) is 6.33. The summed E-state index contributed by atoms with van der Waals surface area (Å²) in [6, 6.07) is 0.372. The van der Waals surface area contributed by atoms with E-state index in [0.717, 1.165) is 45.5 Å². The molecule has 3 nitrogen and oxygen atoms in total. The first kappa shape index (κ1) is 11.0. The van der Waals surface area contributed by atoms with Crippen LogP contribution in [0, 0.1) is 0 Å². The summed E-state index contributed by atoms with van der Waals surface area (Å²) >= 11 is 0. The lowest BCUT2D eigenvalue weighted by atomic mass is 10.3. The Balaban J connectivity index is 1.88. The summed E-state index contributed by atoms with van der Waals surface area (Å²) in [5.41, 5.74) is 5.77. The highest BCUT2D eigenvalue weighted by atomic mass is 16.5. The molecule has 3 heteroatoms. The van der Waals surface area contributed by atoms with Crippen molar-refractivity contribution >= 4 is 0 Å². The van der Waals surface area contributed by atoms with Gasteiger partial charge < -0.3 is 15.2 Å². The summed E-state index contributed by atoms with van der Waals surface area (Å²) in [6.45, 7) is 4.44. The first-order valence-corrected chi connectivity index (χ1v) is 5.28. The van der Waals surface area contributed by atoms with E-state index in [2.05, 4.69) is 0 Å². The van der Waals surface area contributed by atoms with E-state index >= 15 is 0 Å². The van der Waals surface area contributed by atoms with Crippen molar-refractivity contribution in [2.45, 2.75) is 44.8 Å². The van der Waals surface area contributed by atoms with Gasteiger partial charge in [0.05, 0.1) is 6.10 Å². The van der Waals surface area contributed by atoms with Crippen LogP contribution in [0.5, 0.6) is 0 Å². The molecular weight excluding hydrogens is 166 g/mol. The molecule has 0 saturated heterocycles. The van der Waals surface area contributed by atoms with E-state index in [-0.39, 0.29) is 0 Å². The van der Waals surface area contributed by atoms with Gasteiger partial charge in [-0.3, -0.25) is 0 Å². The van der Waals surface area contributed by atoms with E-state index in [0.29, 0.717) is 12.1 Å². The molecule has 2 atom stereocenters. The number of nitrogens with two attached hydrogens (primary N) is 1. The molecule has 1 rings (SSSR count). The van der Waals surface area contributed by atoms with Crippen molar-refractivity contribution in [2.75, 3.05) is 19.8 Å². The van der Waals surface area contributed by atoms with Crippen molar-refractivity contribution in [3.63, 3.8) is 0 Å². The minimum Gasteiger partial charge on any atom is -0.382 e. The van der Waals surface area contributed by atoms with Gasteiger partial charge in [0.25, 0.3) is 0 Å². The summed E-state index contributed by atoms with van der Waals surface area (Å²) < 4.78 is 10.9. The summed E-state index contributed by atoms with van der Waals surface area (Å²) in [7, 11) is 0. The Labute approximate surface area is 80.6 Å². The SMILES string of the molecule is CCOCCCOC1CCC(N)C1. The highest BCUT2D eigenvalue weighted by Gasteiger charge is 2.21. The average molecular weight is 187 g/mol. The average Bonchev–Trinajstić information content (AvgIpc) is 2.51. The van der Waals surface area contributed by atoms with E-state index in [1.807, 2.05) is 6.92 Å². The number of ether oxygens (including phenoxy) is 2. The molecule has 2 N–H and O–H groups in total. The van der Waals surface area contributed by atoms with Crippen LogP contribution >= 0.6 is 0 Å². The van der Waals surface area contributed by atoms with E-state index in [4.69, 9.17) is 15.2 Å². The molecule has 2 unspecified atom stereocenters. The van der Waals surface area contributed by atoms with Crippen LogP contribution in [0.1, 0.15) is 32.6 Å². The van der Waals surface area contributed by atoms with Gasteiger partial charge in [-0.15, -0.1) is 0 Å². The quantitative estimate of drug-likeness (QED) is 0.638. The largest absolute Gasteiger partial charge is 0.382 e. The topological polar surface area (TPSA) is 44.5 Å². The van der Waals surface area contributed by atoms with E-state index in [1.165, 1.54) is 0 Å². The molecule has 1 fully saturated rings. The van der Waals surface area contributed by atoms with E-state index in [9.17, 15) is 0 Å². The fraction of sp³-hybridized carbons (Fsp3) is 1.00. The second kappa shape index (κ2) is 6.35. The summed E-state index contributed by atoms with van der Waals surface area (Å²) in [4.78, 5) is 0. The van der Waals surface area contributed by atoms with E-state index < -0.39 is 0 Å². The molecule has 1 aliphatic rings. The van der Waals surface area contributed by atoms with Crippen LogP contribution in [-0.2, 0) is 9.47 Å². The molecule has 0 amide bonds. The van der Waals surface area contributed by atoms with Crippen molar-refractivity contribution < 1.29 is 9.47 Å².